The molecule has 37 heavy (non-hydrogen) atoms. The fourth-order valence-electron chi connectivity index (χ4n) is 3.29. The molecule has 6 heteroatoms. The third-order valence-corrected chi connectivity index (χ3v) is 17.0. The van der Waals surface area contributed by atoms with Gasteiger partial charge in [0.2, 0.25) is 0 Å². The molecule has 2 aromatic rings. The highest BCUT2D eigenvalue weighted by atomic mass is 28.4. The lowest BCUT2D eigenvalue weighted by Gasteiger charge is -2.37. The van der Waals surface area contributed by atoms with E-state index in [0.717, 1.165) is 12.8 Å². The lowest BCUT2D eigenvalue weighted by molar-refractivity contribution is 0.261. The van der Waals surface area contributed by atoms with Crippen molar-refractivity contribution < 1.29 is 8.85 Å². The number of hydrogen-bond acceptors (Lipinski definition) is 4. The molecule has 0 saturated carbocycles. The van der Waals surface area contributed by atoms with Gasteiger partial charge in [0.15, 0.2) is 16.6 Å². The Labute approximate surface area is 228 Å². The van der Waals surface area contributed by atoms with Crippen molar-refractivity contribution in [3.8, 4) is 0 Å². The highest BCUT2D eigenvalue weighted by Crippen LogP contribution is 2.37. The maximum atomic E-state index is 6.56. The number of nitrogens with zero attached hydrogens (tertiary/aromatic N) is 2. The van der Waals surface area contributed by atoms with E-state index in [1.165, 1.54) is 11.1 Å². The van der Waals surface area contributed by atoms with Crippen molar-refractivity contribution in [2.75, 3.05) is 13.2 Å². The SMILES string of the molecule is CC(C)(C)[Si](C)(C)OC[C@H](Cc1ccccc1)N=C=N[C@H](CO[Si](C)(C)C(C)(C)C)Cc1ccccc1. The predicted molar refractivity (Wildman–Crippen MR) is 164 cm³/mol. The molecule has 2 rings (SSSR count). The number of aliphatic imine (C=N–C) groups is 2. The summed E-state index contributed by atoms with van der Waals surface area (Å²) < 4.78 is 13.1. The smallest absolute Gasteiger partial charge is 0.192 e. The van der Waals surface area contributed by atoms with Gasteiger partial charge in [-0.1, -0.05) is 102 Å². The molecule has 0 aliphatic rings. The van der Waals surface area contributed by atoms with Crippen molar-refractivity contribution in [2.45, 2.75) is 103 Å². The van der Waals surface area contributed by atoms with E-state index in [9.17, 15) is 0 Å². The minimum Gasteiger partial charge on any atom is -0.415 e. The zero-order valence-electron chi connectivity index (χ0n) is 25.0. The van der Waals surface area contributed by atoms with E-state index in [0.29, 0.717) is 13.2 Å². The Morgan fingerprint density at radius 2 is 0.946 bits per heavy atom. The van der Waals surface area contributed by atoms with Crippen LogP contribution in [-0.4, -0.2) is 47.9 Å². The summed E-state index contributed by atoms with van der Waals surface area (Å²) in [6, 6.07) is 24.0. The molecule has 0 aromatic heterocycles. The van der Waals surface area contributed by atoms with Gasteiger partial charge in [0.1, 0.15) is 0 Å². The molecular weight excluding hydrogens is 489 g/mol. The molecule has 0 aliphatic carbocycles. The van der Waals surface area contributed by atoms with E-state index >= 15 is 0 Å². The minimum atomic E-state index is -1.88. The van der Waals surface area contributed by atoms with E-state index in [1.54, 1.807) is 0 Å². The first-order chi connectivity index (χ1) is 17.1. The molecule has 2 aromatic carbocycles. The molecule has 0 aliphatic heterocycles. The van der Waals surface area contributed by atoms with E-state index in [1.807, 2.05) is 12.1 Å². The molecule has 0 saturated heterocycles. The molecule has 0 amide bonds. The van der Waals surface area contributed by atoms with Crippen LogP contribution in [0, 0.1) is 0 Å². The topological polar surface area (TPSA) is 43.2 Å². The molecule has 0 radical (unpaired) electrons. The van der Waals surface area contributed by atoms with Crippen LogP contribution in [0.25, 0.3) is 0 Å². The Morgan fingerprint density at radius 1 is 0.622 bits per heavy atom. The molecule has 0 spiro atoms. The van der Waals surface area contributed by atoms with Gasteiger partial charge in [-0.2, -0.15) is 0 Å². The van der Waals surface area contributed by atoms with Gasteiger partial charge in [-0.05, 0) is 60.2 Å². The first-order valence-corrected chi connectivity index (χ1v) is 19.4. The van der Waals surface area contributed by atoms with Gasteiger partial charge < -0.3 is 8.85 Å². The monoisotopic (exact) mass is 538 g/mol. The van der Waals surface area contributed by atoms with Gasteiger partial charge in [0, 0.05) is 0 Å². The van der Waals surface area contributed by atoms with Crippen molar-refractivity contribution in [3.05, 3.63) is 71.8 Å². The Bertz CT molecular complexity index is 923. The van der Waals surface area contributed by atoms with Gasteiger partial charge in [0.05, 0.1) is 31.3 Å². The lowest BCUT2D eigenvalue weighted by Crippen LogP contribution is -2.42. The van der Waals surface area contributed by atoms with Gasteiger partial charge in [0.25, 0.3) is 0 Å². The van der Waals surface area contributed by atoms with Gasteiger partial charge in [-0.15, -0.1) is 0 Å². The largest absolute Gasteiger partial charge is 0.415 e. The molecule has 0 heterocycles. The van der Waals surface area contributed by atoms with Crippen molar-refractivity contribution in [2.24, 2.45) is 9.98 Å². The highest BCUT2D eigenvalue weighted by Gasteiger charge is 2.38. The van der Waals surface area contributed by atoms with Crippen LogP contribution in [-0.2, 0) is 21.7 Å². The van der Waals surface area contributed by atoms with Crippen molar-refractivity contribution in [1.82, 2.24) is 0 Å². The zero-order chi connectivity index (χ0) is 27.7. The number of hydrogen-bond donors (Lipinski definition) is 0. The quantitative estimate of drug-likeness (QED) is 0.201. The van der Waals surface area contributed by atoms with Gasteiger partial charge in [-0.25, -0.2) is 9.98 Å². The molecule has 0 bridgehead atoms. The maximum Gasteiger partial charge on any atom is 0.192 e. The molecule has 4 nitrogen and oxygen atoms in total. The van der Waals surface area contributed by atoms with Gasteiger partial charge in [-0.3, -0.25) is 0 Å². The summed E-state index contributed by atoms with van der Waals surface area (Å²) in [6.45, 7) is 23.9. The van der Waals surface area contributed by atoms with Crippen LogP contribution in [0.3, 0.4) is 0 Å². The summed E-state index contributed by atoms with van der Waals surface area (Å²) in [5.41, 5.74) is 2.50. The average Bonchev–Trinajstić information content (AvgIpc) is 2.80. The molecular formula is C31H50N2O2Si2. The van der Waals surface area contributed by atoms with Crippen molar-refractivity contribution in [1.29, 1.82) is 0 Å². The standard InChI is InChI=1S/C31H50N2O2Si2/c1-30(2,3)36(7,8)34-23-28(21-26-17-13-11-14-18-26)32-25-33-29(22-27-19-15-12-16-20-27)24-35-37(9,10)31(4,5)6/h11-20,28-29H,21-24H2,1-10H3/t28-,29-/m0/s1. The summed E-state index contributed by atoms with van der Waals surface area (Å²) in [5, 5.41) is 0.313. The molecule has 204 valence electrons. The Hall–Kier alpha value is -1.83. The Kier molecular flexibility index (Phi) is 11.3. The van der Waals surface area contributed by atoms with E-state index in [4.69, 9.17) is 18.8 Å². The summed E-state index contributed by atoms with van der Waals surface area (Å²) in [4.78, 5) is 9.63. The second kappa shape index (κ2) is 13.3. The second-order valence-electron chi connectivity index (χ2n) is 13.2. The summed E-state index contributed by atoms with van der Waals surface area (Å²) >= 11 is 0. The van der Waals surface area contributed by atoms with Crippen LogP contribution in [0.2, 0.25) is 36.3 Å². The van der Waals surface area contributed by atoms with Crippen molar-refractivity contribution in [3.63, 3.8) is 0 Å². The summed E-state index contributed by atoms with van der Waals surface area (Å²) in [7, 11) is -3.76. The highest BCUT2D eigenvalue weighted by molar-refractivity contribution is 6.74. The average molecular weight is 539 g/mol. The molecule has 0 fully saturated rings. The van der Waals surface area contributed by atoms with Gasteiger partial charge >= 0.3 is 0 Å². The van der Waals surface area contributed by atoms with Crippen LogP contribution in [0.1, 0.15) is 52.7 Å². The Morgan fingerprint density at radius 3 is 1.24 bits per heavy atom. The van der Waals surface area contributed by atoms with Crippen LogP contribution in [0.4, 0.5) is 0 Å². The summed E-state index contributed by atoms with van der Waals surface area (Å²) in [5.74, 6) is 0. The minimum absolute atomic E-state index is 0.0287. The Balaban J connectivity index is 2.25. The third-order valence-electron chi connectivity index (χ3n) is 7.99. The van der Waals surface area contributed by atoms with Crippen LogP contribution >= 0.6 is 0 Å². The van der Waals surface area contributed by atoms with E-state index < -0.39 is 16.6 Å². The lowest BCUT2D eigenvalue weighted by atomic mass is 10.1. The fraction of sp³-hybridized carbons (Fsp3) is 0.581. The van der Waals surface area contributed by atoms with Crippen LogP contribution in [0.5, 0.6) is 0 Å². The number of rotatable bonds is 12. The first kappa shape index (κ1) is 31.4. The van der Waals surface area contributed by atoms with E-state index in [-0.39, 0.29) is 22.2 Å². The molecule has 0 N–H and O–H groups in total. The molecule has 2 atom stereocenters. The van der Waals surface area contributed by atoms with Crippen LogP contribution in [0.15, 0.2) is 70.6 Å². The van der Waals surface area contributed by atoms with E-state index in [2.05, 4.69) is 122 Å². The third kappa shape index (κ3) is 10.5. The van der Waals surface area contributed by atoms with Crippen molar-refractivity contribution >= 4 is 22.6 Å². The first-order valence-electron chi connectivity index (χ1n) is 13.6. The maximum absolute atomic E-state index is 6.56. The number of benzene rings is 2. The molecule has 0 unspecified atom stereocenters. The summed E-state index contributed by atoms with van der Waals surface area (Å²) in [6.07, 6.45) is 1.61. The van der Waals surface area contributed by atoms with Crippen LogP contribution < -0.4 is 0 Å². The second-order valence-corrected chi connectivity index (χ2v) is 22.8. The normalized spacial score (nSPS) is 14.5. The predicted octanol–water partition coefficient (Wildman–Crippen LogP) is 8.43. The fourth-order valence-corrected chi connectivity index (χ4v) is 5.38. The zero-order valence-corrected chi connectivity index (χ0v) is 27.0.